The van der Waals surface area contributed by atoms with Crippen LogP contribution < -0.4 is 5.32 Å². The van der Waals surface area contributed by atoms with Crippen LogP contribution in [-0.2, 0) is 9.53 Å². The van der Waals surface area contributed by atoms with E-state index >= 15 is 0 Å². The minimum absolute atomic E-state index is 0.0835. The second-order valence-electron chi connectivity index (χ2n) is 7.69. The van der Waals surface area contributed by atoms with Crippen LogP contribution in [0, 0.1) is 13.8 Å². The van der Waals surface area contributed by atoms with Gasteiger partial charge in [-0.3, -0.25) is 4.79 Å². The lowest BCUT2D eigenvalue weighted by molar-refractivity contribution is -0.129. The number of carbonyl (C=O) groups is 2. The summed E-state index contributed by atoms with van der Waals surface area (Å²) in [6.07, 6.45) is 3.24. The lowest BCUT2D eigenvalue weighted by Gasteiger charge is -2.21. The molecular formula is C23H30N2O3. The first-order valence-electron chi connectivity index (χ1n) is 10.2. The molecule has 0 radical (unpaired) electrons. The summed E-state index contributed by atoms with van der Waals surface area (Å²) < 4.78 is 7.70. The minimum Gasteiger partial charge on any atom is -0.449 e. The molecular weight excluding hydrogens is 352 g/mol. The monoisotopic (exact) mass is 382 g/mol. The van der Waals surface area contributed by atoms with E-state index in [4.69, 9.17) is 4.74 Å². The summed E-state index contributed by atoms with van der Waals surface area (Å²) in [7, 11) is 0. The largest absolute Gasteiger partial charge is 0.449 e. The average Bonchev–Trinajstić information content (AvgIpc) is 3.46. The van der Waals surface area contributed by atoms with Crippen molar-refractivity contribution in [1.82, 2.24) is 9.88 Å². The fraction of sp³-hybridized carbons (Fsp3) is 0.478. The quantitative estimate of drug-likeness (QED) is 0.677. The minimum atomic E-state index is -0.848. The van der Waals surface area contributed by atoms with E-state index in [9.17, 15) is 9.59 Å². The van der Waals surface area contributed by atoms with Crippen molar-refractivity contribution in [2.75, 3.05) is 0 Å². The number of hydrogen-bond donors (Lipinski definition) is 1. The number of amides is 1. The number of nitrogens with zero attached hydrogens (tertiary/aromatic N) is 1. The molecule has 0 unspecified atom stereocenters. The summed E-state index contributed by atoms with van der Waals surface area (Å²) in [5, 5.41) is 3.03. The first-order chi connectivity index (χ1) is 13.4. The molecule has 1 aliphatic rings. The molecule has 2 aromatic rings. The van der Waals surface area contributed by atoms with E-state index in [1.54, 1.807) is 6.92 Å². The van der Waals surface area contributed by atoms with E-state index in [0.717, 1.165) is 42.6 Å². The molecule has 0 bridgehead atoms. The maximum absolute atomic E-state index is 12.7. The van der Waals surface area contributed by atoms with Crippen molar-refractivity contribution >= 4 is 11.9 Å². The Morgan fingerprint density at radius 3 is 2.50 bits per heavy atom. The van der Waals surface area contributed by atoms with Gasteiger partial charge >= 0.3 is 5.97 Å². The van der Waals surface area contributed by atoms with Gasteiger partial charge in [0.05, 0.1) is 11.6 Å². The number of rotatable bonds is 8. The van der Waals surface area contributed by atoms with Gasteiger partial charge in [-0.25, -0.2) is 4.79 Å². The average molecular weight is 383 g/mol. The van der Waals surface area contributed by atoms with Crippen LogP contribution in [0.3, 0.4) is 0 Å². The van der Waals surface area contributed by atoms with Crippen molar-refractivity contribution in [3.8, 4) is 0 Å². The molecule has 1 fully saturated rings. The first kappa shape index (κ1) is 20.2. The Hall–Kier alpha value is -2.56. The van der Waals surface area contributed by atoms with Crippen LogP contribution in [0.4, 0.5) is 0 Å². The second-order valence-corrected chi connectivity index (χ2v) is 7.69. The Balaban J connectivity index is 1.65. The highest BCUT2D eigenvalue weighted by molar-refractivity contribution is 5.93. The van der Waals surface area contributed by atoms with E-state index < -0.39 is 12.1 Å². The molecule has 1 N–H and O–H groups in total. The number of ether oxygens (including phenoxy) is 1. The normalized spacial score (nSPS) is 15.7. The summed E-state index contributed by atoms with van der Waals surface area (Å²) in [5.41, 5.74) is 3.60. The lowest BCUT2D eigenvalue weighted by Crippen LogP contribution is -2.38. The van der Waals surface area contributed by atoms with Crippen molar-refractivity contribution in [1.29, 1.82) is 0 Å². The zero-order valence-electron chi connectivity index (χ0n) is 17.2. The molecule has 5 nitrogen and oxygen atoms in total. The van der Waals surface area contributed by atoms with E-state index in [-0.39, 0.29) is 11.9 Å². The van der Waals surface area contributed by atoms with Gasteiger partial charge in [0.15, 0.2) is 6.10 Å². The Labute approximate surface area is 167 Å². The number of benzene rings is 1. The molecule has 0 aliphatic heterocycles. The molecule has 2 atom stereocenters. The van der Waals surface area contributed by atoms with E-state index in [0.29, 0.717) is 11.6 Å². The number of esters is 1. The van der Waals surface area contributed by atoms with Gasteiger partial charge in [-0.05, 0) is 51.7 Å². The fourth-order valence-electron chi connectivity index (χ4n) is 3.74. The highest BCUT2D eigenvalue weighted by Crippen LogP contribution is 2.38. The summed E-state index contributed by atoms with van der Waals surface area (Å²) in [6.45, 7) is 7.66. The summed E-state index contributed by atoms with van der Waals surface area (Å²) in [4.78, 5) is 25.3. The first-order valence-corrected chi connectivity index (χ1v) is 10.2. The number of aryl methyl sites for hydroxylation is 1. The zero-order chi connectivity index (χ0) is 20.3. The Bertz CT molecular complexity index is 837. The molecule has 1 aliphatic carbocycles. The van der Waals surface area contributed by atoms with Crippen LogP contribution in [0.2, 0.25) is 0 Å². The molecule has 150 valence electrons. The molecule has 1 saturated carbocycles. The van der Waals surface area contributed by atoms with Gasteiger partial charge in [0.2, 0.25) is 0 Å². The van der Waals surface area contributed by atoms with Gasteiger partial charge in [-0.2, -0.15) is 0 Å². The van der Waals surface area contributed by atoms with Crippen molar-refractivity contribution in [3.63, 3.8) is 0 Å². The third-order valence-corrected chi connectivity index (χ3v) is 5.37. The Morgan fingerprint density at radius 2 is 1.89 bits per heavy atom. The van der Waals surface area contributed by atoms with Crippen LogP contribution in [0.5, 0.6) is 0 Å². The van der Waals surface area contributed by atoms with Crippen molar-refractivity contribution < 1.29 is 14.3 Å². The number of nitrogens with one attached hydrogen (secondary N) is 1. The van der Waals surface area contributed by atoms with E-state index in [1.807, 2.05) is 50.2 Å². The third kappa shape index (κ3) is 4.46. The van der Waals surface area contributed by atoms with Crippen molar-refractivity contribution in [2.24, 2.45) is 0 Å². The smallest absolute Gasteiger partial charge is 0.340 e. The molecule has 28 heavy (non-hydrogen) atoms. The predicted molar refractivity (Wildman–Crippen MR) is 109 cm³/mol. The standard InChI is InChI=1S/C23H30N2O3/c1-5-9-21(18-10-7-6-8-11-18)24-22(26)17(4)28-23(27)20-14-15(2)25(16(20)3)19-12-13-19/h6-8,10-11,14,17,19,21H,5,9,12-13H2,1-4H3,(H,24,26)/t17-,21+/m1/s1. The van der Waals surface area contributed by atoms with Gasteiger partial charge in [0, 0.05) is 17.4 Å². The lowest BCUT2D eigenvalue weighted by atomic mass is 10.0. The molecule has 0 saturated heterocycles. The van der Waals surface area contributed by atoms with Gasteiger partial charge in [0.1, 0.15) is 0 Å². The molecule has 5 heteroatoms. The van der Waals surface area contributed by atoms with Gasteiger partial charge < -0.3 is 14.6 Å². The Morgan fingerprint density at radius 1 is 1.21 bits per heavy atom. The fourth-order valence-corrected chi connectivity index (χ4v) is 3.74. The maximum Gasteiger partial charge on any atom is 0.340 e. The van der Waals surface area contributed by atoms with Crippen LogP contribution in [-0.4, -0.2) is 22.5 Å². The highest BCUT2D eigenvalue weighted by atomic mass is 16.5. The molecule has 1 aromatic heterocycles. The maximum atomic E-state index is 12.7. The van der Waals surface area contributed by atoms with Gasteiger partial charge in [-0.15, -0.1) is 0 Å². The van der Waals surface area contributed by atoms with Crippen LogP contribution in [0.1, 0.15) is 78.9 Å². The summed E-state index contributed by atoms with van der Waals surface area (Å²) in [6, 6.07) is 12.2. The van der Waals surface area contributed by atoms with Crippen LogP contribution in [0.15, 0.2) is 36.4 Å². The van der Waals surface area contributed by atoms with Gasteiger partial charge in [-0.1, -0.05) is 43.7 Å². The van der Waals surface area contributed by atoms with Crippen molar-refractivity contribution in [2.45, 2.75) is 71.6 Å². The van der Waals surface area contributed by atoms with Gasteiger partial charge in [0.25, 0.3) is 5.91 Å². The SMILES string of the molecule is CCC[C@H](NC(=O)[C@@H](C)OC(=O)c1cc(C)n(C2CC2)c1C)c1ccccc1. The topological polar surface area (TPSA) is 60.3 Å². The molecule has 1 aromatic carbocycles. The number of aromatic nitrogens is 1. The third-order valence-electron chi connectivity index (χ3n) is 5.37. The molecule has 0 spiro atoms. The molecule has 1 heterocycles. The van der Waals surface area contributed by atoms with E-state index in [2.05, 4.69) is 16.8 Å². The summed E-state index contributed by atoms with van der Waals surface area (Å²) in [5.74, 6) is -0.707. The number of carbonyl (C=O) groups excluding carboxylic acids is 2. The Kier molecular flexibility index (Phi) is 6.22. The van der Waals surface area contributed by atoms with Crippen LogP contribution >= 0.6 is 0 Å². The molecule has 1 amide bonds. The zero-order valence-corrected chi connectivity index (χ0v) is 17.2. The number of hydrogen-bond acceptors (Lipinski definition) is 3. The predicted octanol–water partition coefficient (Wildman–Crippen LogP) is 4.64. The second kappa shape index (κ2) is 8.63. The van der Waals surface area contributed by atoms with Crippen molar-refractivity contribution in [3.05, 3.63) is 58.9 Å². The summed E-state index contributed by atoms with van der Waals surface area (Å²) >= 11 is 0. The highest BCUT2D eigenvalue weighted by Gasteiger charge is 2.30. The molecule has 3 rings (SSSR count). The van der Waals surface area contributed by atoms with E-state index in [1.165, 1.54) is 0 Å². The van der Waals surface area contributed by atoms with Crippen LogP contribution in [0.25, 0.3) is 0 Å².